The predicted molar refractivity (Wildman–Crippen MR) is 85.2 cm³/mol. The number of para-hydroxylation sites is 1. The fourth-order valence-corrected chi connectivity index (χ4v) is 2.45. The van der Waals surface area contributed by atoms with E-state index in [1.165, 1.54) is 0 Å². The highest BCUT2D eigenvalue weighted by Gasteiger charge is 2.13. The zero-order valence-corrected chi connectivity index (χ0v) is 12.2. The molecule has 3 aromatic rings. The highest BCUT2D eigenvalue weighted by molar-refractivity contribution is 6.30. The highest BCUT2D eigenvalue weighted by Crippen LogP contribution is 2.17. The normalized spacial score (nSPS) is 12.5. The van der Waals surface area contributed by atoms with Crippen molar-refractivity contribution < 1.29 is 5.11 Å². The van der Waals surface area contributed by atoms with Gasteiger partial charge in [-0.05, 0) is 29.8 Å². The molecule has 0 aliphatic rings. The summed E-state index contributed by atoms with van der Waals surface area (Å²) >= 11 is 5.80. The zero-order chi connectivity index (χ0) is 15.7. The number of H-pyrrole nitrogens is 1. The molecule has 5 nitrogen and oxygen atoms in total. The molecule has 1 heterocycles. The minimum absolute atomic E-state index is 0.124. The third-order valence-corrected chi connectivity index (χ3v) is 3.75. The summed E-state index contributed by atoms with van der Waals surface area (Å²) in [5, 5.41) is 11.2. The van der Waals surface area contributed by atoms with Gasteiger partial charge < -0.3 is 10.1 Å². The molecule has 0 aliphatic carbocycles. The van der Waals surface area contributed by atoms with Crippen LogP contribution < -0.4 is 11.2 Å². The predicted octanol–water partition coefficient (Wildman–Crippen LogP) is 2.08. The van der Waals surface area contributed by atoms with Crippen molar-refractivity contribution in [1.82, 2.24) is 9.55 Å². The Morgan fingerprint density at radius 3 is 2.50 bits per heavy atom. The lowest BCUT2D eigenvalue weighted by atomic mass is 10.1. The number of hydrogen-bond acceptors (Lipinski definition) is 3. The van der Waals surface area contributed by atoms with Crippen LogP contribution in [0.3, 0.4) is 0 Å². The van der Waals surface area contributed by atoms with Crippen LogP contribution in [0.4, 0.5) is 0 Å². The molecule has 0 amide bonds. The second-order valence-corrected chi connectivity index (χ2v) is 5.40. The Morgan fingerprint density at radius 2 is 1.77 bits per heavy atom. The number of rotatable bonds is 3. The quantitative estimate of drug-likeness (QED) is 0.777. The SMILES string of the molecule is O=c1[nH]c2ccccc2c(=O)n1C[C@H](O)c1ccc(Cl)cc1. The number of halogens is 1. The maximum Gasteiger partial charge on any atom is 0.328 e. The molecule has 22 heavy (non-hydrogen) atoms. The molecule has 0 radical (unpaired) electrons. The monoisotopic (exact) mass is 316 g/mol. The molecular formula is C16H13ClN2O3. The molecule has 2 N–H and O–H groups in total. The fourth-order valence-electron chi connectivity index (χ4n) is 2.33. The lowest BCUT2D eigenvalue weighted by molar-refractivity contribution is 0.153. The molecular weight excluding hydrogens is 304 g/mol. The van der Waals surface area contributed by atoms with Gasteiger partial charge in [-0.2, -0.15) is 0 Å². The largest absolute Gasteiger partial charge is 0.387 e. The van der Waals surface area contributed by atoms with Gasteiger partial charge in [0.25, 0.3) is 5.56 Å². The van der Waals surface area contributed by atoms with Crippen LogP contribution in [0.2, 0.25) is 5.02 Å². The number of aliphatic hydroxyl groups excluding tert-OH is 1. The molecule has 2 aromatic carbocycles. The molecule has 0 saturated heterocycles. The molecule has 0 fully saturated rings. The van der Waals surface area contributed by atoms with Gasteiger partial charge in [-0.1, -0.05) is 35.9 Å². The first-order valence-electron chi connectivity index (χ1n) is 6.71. The summed E-state index contributed by atoms with van der Waals surface area (Å²) in [6, 6.07) is 13.4. The fraction of sp³-hybridized carbons (Fsp3) is 0.125. The van der Waals surface area contributed by atoms with Crippen LogP contribution in [0.15, 0.2) is 58.1 Å². The zero-order valence-electron chi connectivity index (χ0n) is 11.5. The van der Waals surface area contributed by atoms with E-state index in [2.05, 4.69) is 4.98 Å². The summed E-state index contributed by atoms with van der Waals surface area (Å²) in [4.78, 5) is 27.1. The molecule has 1 atom stereocenters. The number of aliphatic hydroxyl groups is 1. The Morgan fingerprint density at radius 1 is 1.09 bits per heavy atom. The van der Waals surface area contributed by atoms with Gasteiger partial charge in [0.2, 0.25) is 0 Å². The van der Waals surface area contributed by atoms with Gasteiger partial charge in [0.15, 0.2) is 0 Å². The summed E-state index contributed by atoms with van der Waals surface area (Å²) in [7, 11) is 0. The number of benzene rings is 2. The van der Waals surface area contributed by atoms with Crippen LogP contribution in [0.1, 0.15) is 11.7 Å². The standard InChI is InChI=1S/C16H13ClN2O3/c17-11-7-5-10(6-8-11)14(20)9-19-15(21)12-3-1-2-4-13(12)18-16(19)22/h1-8,14,20H,9H2,(H,18,22)/t14-/m0/s1. The van der Waals surface area contributed by atoms with Crippen LogP contribution in [-0.4, -0.2) is 14.7 Å². The van der Waals surface area contributed by atoms with E-state index < -0.39 is 17.4 Å². The van der Waals surface area contributed by atoms with E-state index in [1.54, 1.807) is 48.5 Å². The number of nitrogens with one attached hydrogen (secondary N) is 1. The minimum atomic E-state index is -0.975. The summed E-state index contributed by atoms with van der Waals surface area (Å²) in [6.07, 6.45) is -0.975. The van der Waals surface area contributed by atoms with E-state index in [4.69, 9.17) is 11.6 Å². The van der Waals surface area contributed by atoms with E-state index in [0.717, 1.165) is 4.57 Å². The first kappa shape index (κ1) is 14.6. The lowest BCUT2D eigenvalue weighted by Crippen LogP contribution is -2.36. The van der Waals surface area contributed by atoms with Crippen molar-refractivity contribution in [3.8, 4) is 0 Å². The van der Waals surface area contributed by atoms with Crippen molar-refractivity contribution in [2.45, 2.75) is 12.6 Å². The molecule has 0 spiro atoms. The third-order valence-electron chi connectivity index (χ3n) is 3.50. The van der Waals surface area contributed by atoms with Crippen molar-refractivity contribution >= 4 is 22.5 Å². The average molecular weight is 317 g/mol. The van der Waals surface area contributed by atoms with Crippen LogP contribution in [0.5, 0.6) is 0 Å². The van der Waals surface area contributed by atoms with Crippen LogP contribution in [0, 0.1) is 0 Å². The highest BCUT2D eigenvalue weighted by atomic mass is 35.5. The second kappa shape index (κ2) is 5.79. The van der Waals surface area contributed by atoms with Gasteiger partial charge in [0, 0.05) is 5.02 Å². The molecule has 6 heteroatoms. The molecule has 1 aromatic heterocycles. The number of aromatic amines is 1. The Bertz CT molecular complexity index is 929. The van der Waals surface area contributed by atoms with Crippen molar-refractivity contribution in [3.63, 3.8) is 0 Å². The minimum Gasteiger partial charge on any atom is -0.387 e. The van der Waals surface area contributed by atoms with Crippen LogP contribution in [0.25, 0.3) is 10.9 Å². The summed E-state index contributed by atoms with van der Waals surface area (Å²) < 4.78 is 1.00. The van der Waals surface area contributed by atoms with Crippen LogP contribution in [-0.2, 0) is 6.54 Å². The lowest BCUT2D eigenvalue weighted by Gasteiger charge is -2.13. The number of fused-ring (bicyclic) bond motifs is 1. The van der Waals surface area contributed by atoms with Gasteiger partial charge >= 0.3 is 5.69 Å². The van der Waals surface area contributed by atoms with Gasteiger partial charge in [-0.25, -0.2) is 4.79 Å². The summed E-state index contributed by atoms with van der Waals surface area (Å²) in [5.41, 5.74) is 0.0997. The Kier molecular flexibility index (Phi) is 3.83. The number of aromatic nitrogens is 2. The summed E-state index contributed by atoms with van der Waals surface area (Å²) in [5.74, 6) is 0. The first-order chi connectivity index (χ1) is 10.6. The van der Waals surface area contributed by atoms with Gasteiger partial charge in [0.05, 0.1) is 23.6 Å². The Labute approximate surface area is 130 Å². The Balaban J connectivity index is 2.02. The summed E-state index contributed by atoms with van der Waals surface area (Å²) in [6.45, 7) is -0.124. The van der Waals surface area contributed by atoms with Crippen molar-refractivity contribution in [3.05, 3.63) is 80.0 Å². The second-order valence-electron chi connectivity index (χ2n) is 4.96. The molecule has 3 rings (SSSR count). The van der Waals surface area contributed by atoms with E-state index in [0.29, 0.717) is 21.5 Å². The van der Waals surface area contributed by atoms with Crippen molar-refractivity contribution in [2.75, 3.05) is 0 Å². The van der Waals surface area contributed by atoms with Crippen molar-refractivity contribution in [1.29, 1.82) is 0 Å². The van der Waals surface area contributed by atoms with Crippen molar-refractivity contribution in [2.24, 2.45) is 0 Å². The van der Waals surface area contributed by atoms with Gasteiger partial charge in [0.1, 0.15) is 0 Å². The smallest absolute Gasteiger partial charge is 0.328 e. The van der Waals surface area contributed by atoms with E-state index >= 15 is 0 Å². The number of nitrogens with zero attached hydrogens (tertiary/aromatic N) is 1. The van der Waals surface area contributed by atoms with E-state index in [1.807, 2.05) is 0 Å². The third kappa shape index (κ3) is 2.68. The maximum atomic E-state index is 12.4. The van der Waals surface area contributed by atoms with Gasteiger partial charge in [-0.15, -0.1) is 0 Å². The molecule has 0 aliphatic heterocycles. The Hall–Kier alpha value is -2.37. The molecule has 0 saturated carbocycles. The topological polar surface area (TPSA) is 75.1 Å². The van der Waals surface area contributed by atoms with Crippen LogP contribution >= 0.6 is 11.6 Å². The van der Waals surface area contributed by atoms with E-state index in [-0.39, 0.29) is 6.54 Å². The van der Waals surface area contributed by atoms with E-state index in [9.17, 15) is 14.7 Å². The molecule has 112 valence electrons. The molecule has 0 bridgehead atoms. The van der Waals surface area contributed by atoms with Gasteiger partial charge in [-0.3, -0.25) is 9.36 Å². The first-order valence-corrected chi connectivity index (χ1v) is 7.09. The molecule has 0 unspecified atom stereocenters. The average Bonchev–Trinajstić information content (AvgIpc) is 2.52. The maximum absolute atomic E-state index is 12.4. The number of hydrogen-bond donors (Lipinski definition) is 2.